The molecule has 2 heterocycles. The standard InChI is InChI=1S/C25H25F3N2O2S/c1-23(2,19-11-16(33-3)10-15-8-9-32-22(15)19)14-24(31,25(26,27)28)12-21-18(13-29)17-6-4-5-7-20(17)30-21/h4-7,10-11,30-31H,8-9,12,14H2,1-3H3. The fourth-order valence-corrected chi connectivity index (χ4v) is 5.24. The molecule has 1 aromatic heterocycles. The van der Waals surface area contributed by atoms with Crippen LogP contribution in [0.1, 0.15) is 42.7 Å². The first-order valence-electron chi connectivity index (χ1n) is 10.6. The molecule has 33 heavy (non-hydrogen) atoms. The largest absolute Gasteiger partial charge is 0.493 e. The lowest BCUT2D eigenvalue weighted by molar-refractivity contribution is -0.266. The summed E-state index contributed by atoms with van der Waals surface area (Å²) in [6.07, 6.45) is -3.62. The second-order valence-electron chi connectivity index (χ2n) is 9.16. The highest BCUT2D eigenvalue weighted by Crippen LogP contribution is 2.48. The zero-order valence-corrected chi connectivity index (χ0v) is 19.5. The minimum Gasteiger partial charge on any atom is -0.493 e. The van der Waals surface area contributed by atoms with Crippen LogP contribution in [0.5, 0.6) is 5.75 Å². The van der Waals surface area contributed by atoms with Crippen molar-refractivity contribution in [2.75, 3.05) is 12.9 Å². The molecule has 0 aliphatic carbocycles. The highest BCUT2D eigenvalue weighted by atomic mass is 32.2. The SMILES string of the molecule is CSc1cc2c(c(C(C)(C)CC(O)(Cc3[nH]c4ccccc4c3C#N)C(F)(F)F)c1)OCC2. The van der Waals surface area contributed by atoms with Crippen LogP contribution in [-0.2, 0) is 18.3 Å². The maximum Gasteiger partial charge on any atom is 0.417 e. The van der Waals surface area contributed by atoms with Gasteiger partial charge in [-0.2, -0.15) is 18.4 Å². The van der Waals surface area contributed by atoms with Gasteiger partial charge < -0.3 is 14.8 Å². The van der Waals surface area contributed by atoms with Crippen LogP contribution in [0.3, 0.4) is 0 Å². The number of aromatic amines is 1. The van der Waals surface area contributed by atoms with Gasteiger partial charge in [0.1, 0.15) is 11.8 Å². The molecule has 1 aliphatic rings. The highest BCUT2D eigenvalue weighted by Gasteiger charge is 2.56. The predicted molar refractivity (Wildman–Crippen MR) is 123 cm³/mol. The van der Waals surface area contributed by atoms with E-state index in [0.717, 1.165) is 10.5 Å². The minimum absolute atomic E-state index is 0.0775. The number of benzene rings is 2. The Hall–Kier alpha value is -2.63. The number of H-pyrrole nitrogens is 1. The summed E-state index contributed by atoms with van der Waals surface area (Å²) >= 11 is 1.52. The molecular weight excluding hydrogens is 449 g/mol. The van der Waals surface area contributed by atoms with E-state index in [1.54, 1.807) is 38.1 Å². The fourth-order valence-electron chi connectivity index (χ4n) is 4.74. The van der Waals surface area contributed by atoms with Gasteiger partial charge in [-0.15, -0.1) is 11.8 Å². The number of rotatable bonds is 6. The second kappa shape index (κ2) is 8.30. The van der Waals surface area contributed by atoms with Gasteiger partial charge in [-0.25, -0.2) is 0 Å². The van der Waals surface area contributed by atoms with E-state index in [4.69, 9.17) is 4.74 Å². The normalized spacial score (nSPS) is 15.7. The van der Waals surface area contributed by atoms with E-state index in [1.807, 2.05) is 24.5 Å². The molecule has 0 fully saturated rings. The van der Waals surface area contributed by atoms with Crippen LogP contribution < -0.4 is 4.74 Å². The maximum absolute atomic E-state index is 14.4. The Balaban J connectivity index is 1.77. The Morgan fingerprint density at radius 3 is 2.61 bits per heavy atom. The summed E-state index contributed by atoms with van der Waals surface area (Å²) < 4.78 is 48.9. The summed E-state index contributed by atoms with van der Waals surface area (Å²) in [7, 11) is 0. The van der Waals surface area contributed by atoms with Gasteiger partial charge in [0.2, 0.25) is 0 Å². The van der Waals surface area contributed by atoms with Crippen LogP contribution >= 0.6 is 11.8 Å². The number of aliphatic hydroxyl groups is 1. The third kappa shape index (κ3) is 4.20. The van der Waals surface area contributed by atoms with Gasteiger partial charge in [-0.3, -0.25) is 0 Å². The summed E-state index contributed by atoms with van der Waals surface area (Å²) in [5.41, 5.74) is -1.71. The number of halogens is 3. The van der Waals surface area contributed by atoms with E-state index in [9.17, 15) is 23.5 Å². The van der Waals surface area contributed by atoms with Crippen LogP contribution in [0.15, 0.2) is 41.3 Å². The molecule has 0 saturated heterocycles. The summed E-state index contributed by atoms with van der Waals surface area (Å²) in [6, 6.07) is 12.7. The Labute approximate surface area is 194 Å². The molecule has 2 aromatic carbocycles. The molecule has 8 heteroatoms. The Bertz CT molecular complexity index is 1240. The van der Waals surface area contributed by atoms with Gasteiger partial charge in [0.15, 0.2) is 5.60 Å². The molecular formula is C25H25F3N2O2S. The number of hydrogen-bond acceptors (Lipinski definition) is 4. The predicted octanol–water partition coefficient (Wildman–Crippen LogP) is 5.90. The number of nitrogens with one attached hydrogen (secondary N) is 1. The number of fused-ring (bicyclic) bond motifs is 2. The van der Waals surface area contributed by atoms with Crippen molar-refractivity contribution in [3.8, 4) is 11.8 Å². The lowest BCUT2D eigenvalue weighted by atomic mass is 9.72. The monoisotopic (exact) mass is 474 g/mol. The third-order valence-corrected chi connectivity index (χ3v) is 7.06. The molecule has 0 radical (unpaired) electrons. The lowest BCUT2D eigenvalue weighted by Gasteiger charge is -2.38. The van der Waals surface area contributed by atoms with E-state index in [-0.39, 0.29) is 11.3 Å². The summed E-state index contributed by atoms with van der Waals surface area (Å²) in [6.45, 7) is 3.88. The Kier molecular flexibility index (Phi) is 5.92. The number of para-hydroxylation sites is 1. The minimum atomic E-state index is -4.91. The molecule has 4 rings (SSSR count). The molecule has 0 amide bonds. The van der Waals surface area contributed by atoms with Crippen LogP contribution in [0.4, 0.5) is 13.2 Å². The van der Waals surface area contributed by atoms with E-state index in [1.165, 1.54) is 11.8 Å². The van der Waals surface area contributed by atoms with Crippen molar-refractivity contribution in [2.24, 2.45) is 0 Å². The van der Waals surface area contributed by atoms with Crippen molar-refractivity contribution >= 4 is 22.7 Å². The quantitative estimate of drug-likeness (QED) is 0.437. The summed E-state index contributed by atoms with van der Waals surface area (Å²) in [5.74, 6) is 0.616. The summed E-state index contributed by atoms with van der Waals surface area (Å²) in [4.78, 5) is 3.86. The average Bonchev–Trinajstić information content (AvgIpc) is 3.35. The van der Waals surface area contributed by atoms with Gasteiger partial charge >= 0.3 is 6.18 Å². The number of ether oxygens (including phenoxy) is 1. The molecule has 3 aromatic rings. The Morgan fingerprint density at radius 1 is 1.21 bits per heavy atom. The highest BCUT2D eigenvalue weighted by molar-refractivity contribution is 7.98. The van der Waals surface area contributed by atoms with E-state index in [0.29, 0.717) is 35.2 Å². The number of aromatic nitrogens is 1. The Morgan fingerprint density at radius 2 is 1.94 bits per heavy atom. The van der Waals surface area contributed by atoms with Gasteiger partial charge in [-0.05, 0) is 41.9 Å². The molecule has 0 bridgehead atoms. The molecule has 1 atom stereocenters. The van der Waals surface area contributed by atoms with Gasteiger partial charge in [0.25, 0.3) is 0 Å². The molecule has 1 aliphatic heterocycles. The van der Waals surface area contributed by atoms with Crippen molar-refractivity contribution in [1.29, 1.82) is 5.26 Å². The number of nitrogens with zero attached hydrogens (tertiary/aromatic N) is 1. The summed E-state index contributed by atoms with van der Waals surface area (Å²) in [5, 5.41) is 21.3. The molecule has 174 valence electrons. The molecule has 2 N–H and O–H groups in total. The topological polar surface area (TPSA) is 69.0 Å². The number of thioether (sulfide) groups is 1. The van der Waals surface area contributed by atoms with E-state index in [2.05, 4.69) is 4.98 Å². The van der Waals surface area contributed by atoms with Crippen molar-refractivity contribution in [1.82, 2.24) is 4.98 Å². The molecule has 4 nitrogen and oxygen atoms in total. The number of nitriles is 1. The van der Waals surface area contributed by atoms with Crippen LogP contribution in [0.25, 0.3) is 10.9 Å². The van der Waals surface area contributed by atoms with Gasteiger partial charge in [0, 0.05) is 39.9 Å². The molecule has 0 spiro atoms. The first-order valence-corrected chi connectivity index (χ1v) is 11.8. The maximum atomic E-state index is 14.4. The zero-order valence-electron chi connectivity index (χ0n) is 18.6. The molecule has 0 saturated carbocycles. The second-order valence-corrected chi connectivity index (χ2v) is 10.0. The van der Waals surface area contributed by atoms with Crippen molar-refractivity contribution in [3.63, 3.8) is 0 Å². The number of hydrogen-bond donors (Lipinski definition) is 2. The zero-order chi connectivity index (χ0) is 24.0. The number of alkyl halides is 3. The third-order valence-electron chi connectivity index (χ3n) is 6.35. The van der Waals surface area contributed by atoms with Crippen LogP contribution in [0.2, 0.25) is 0 Å². The van der Waals surface area contributed by atoms with Crippen molar-refractivity contribution < 1.29 is 23.0 Å². The van der Waals surface area contributed by atoms with Gasteiger partial charge in [-0.1, -0.05) is 32.0 Å². The smallest absolute Gasteiger partial charge is 0.417 e. The lowest BCUT2D eigenvalue weighted by Crippen LogP contribution is -2.51. The first kappa shape index (κ1) is 23.5. The van der Waals surface area contributed by atoms with Crippen LogP contribution in [-0.4, -0.2) is 34.7 Å². The van der Waals surface area contributed by atoms with E-state index < -0.39 is 30.0 Å². The first-order chi connectivity index (χ1) is 15.5. The fraction of sp³-hybridized carbons (Fsp3) is 0.400. The van der Waals surface area contributed by atoms with Crippen molar-refractivity contribution in [3.05, 3.63) is 58.8 Å². The molecule has 1 unspecified atom stereocenters. The average molecular weight is 475 g/mol. The van der Waals surface area contributed by atoms with Gasteiger partial charge in [0.05, 0.1) is 12.2 Å². The van der Waals surface area contributed by atoms with E-state index >= 15 is 0 Å². The van der Waals surface area contributed by atoms with Crippen molar-refractivity contribution in [2.45, 2.75) is 55.2 Å². The van der Waals surface area contributed by atoms with Crippen LogP contribution in [0, 0.1) is 11.3 Å².